The number of carboxylic acid groups (broad SMARTS) is 1. The first-order valence-corrected chi connectivity index (χ1v) is 9.30. The van der Waals surface area contributed by atoms with Gasteiger partial charge >= 0.3 is 5.97 Å². The van der Waals surface area contributed by atoms with E-state index in [1.807, 2.05) is 0 Å². The second-order valence-corrected chi connectivity index (χ2v) is 6.61. The first-order valence-electron chi connectivity index (χ1n) is 9.30. The third-order valence-corrected chi connectivity index (χ3v) is 4.36. The monoisotopic (exact) mass is 362 g/mol. The molecule has 7 heteroatoms. The standard InChI is InChI=1S/C18H34O7/c1-2-3-4-5-6-7-8-9-10-11-12-13(19)14(20)15(21)16(22)17(23)18(24)25/h14-17,20-23H,2-12H2,1H3,(H,24,25)/t14-,15+,16-,17-/m1/s1. The van der Waals surface area contributed by atoms with E-state index in [-0.39, 0.29) is 6.42 Å². The molecule has 0 aliphatic rings. The first kappa shape index (κ1) is 24.0. The lowest BCUT2D eigenvalue weighted by atomic mass is 9.97. The van der Waals surface area contributed by atoms with Gasteiger partial charge in [0.2, 0.25) is 0 Å². The average Bonchev–Trinajstić information content (AvgIpc) is 2.60. The molecular formula is C18H34O7. The Balaban J connectivity index is 3.82. The third kappa shape index (κ3) is 10.5. The Morgan fingerprint density at radius 1 is 0.680 bits per heavy atom. The molecule has 0 aromatic heterocycles. The second-order valence-electron chi connectivity index (χ2n) is 6.61. The van der Waals surface area contributed by atoms with Crippen LogP contribution in [0.2, 0.25) is 0 Å². The fraction of sp³-hybridized carbons (Fsp3) is 0.889. The van der Waals surface area contributed by atoms with Gasteiger partial charge in [0.15, 0.2) is 11.9 Å². The van der Waals surface area contributed by atoms with E-state index < -0.39 is 36.2 Å². The summed E-state index contributed by atoms with van der Waals surface area (Å²) in [4.78, 5) is 22.3. The highest BCUT2D eigenvalue weighted by Gasteiger charge is 2.36. The predicted molar refractivity (Wildman–Crippen MR) is 93.1 cm³/mol. The SMILES string of the molecule is CCCCCCCCCCCCC(=O)[C@@H](O)[C@H](O)[C@@H](O)[C@@H](O)C(=O)O. The average molecular weight is 362 g/mol. The normalized spacial score (nSPS) is 16.2. The van der Waals surface area contributed by atoms with E-state index in [2.05, 4.69) is 6.92 Å². The number of aliphatic hydroxyl groups excluding tert-OH is 4. The molecule has 0 saturated carbocycles. The summed E-state index contributed by atoms with van der Waals surface area (Å²) in [6, 6.07) is 0. The Morgan fingerprint density at radius 3 is 1.52 bits per heavy atom. The maximum atomic E-state index is 11.8. The van der Waals surface area contributed by atoms with Gasteiger partial charge in [0.05, 0.1) is 0 Å². The van der Waals surface area contributed by atoms with E-state index >= 15 is 0 Å². The summed E-state index contributed by atoms with van der Waals surface area (Å²) in [6.07, 6.45) is 2.73. The first-order chi connectivity index (χ1) is 11.8. The van der Waals surface area contributed by atoms with Gasteiger partial charge in [-0.15, -0.1) is 0 Å². The van der Waals surface area contributed by atoms with Crippen molar-refractivity contribution in [2.75, 3.05) is 0 Å². The lowest BCUT2D eigenvalue weighted by molar-refractivity contribution is -0.165. The Morgan fingerprint density at radius 2 is 1.08 bits per heavy atom. The van der Waals surface area contributed by atoms with Gasteiger partial charge in [0.1, 0.15) is 18.3 Å². The van der Waals surface area contributed by atoms with Crippen molar-refractivity contribution in [2.45, 2.75) is 102 Å². The van der Waals surface area contributed by atoms with E-state index in [1.165, 1.54) is 38.5 Å². The maximum absolute atomic E-state index is 11.8. The van der Waals surface area contributed by atoms with Crippen LogP contribution in [0.25, 0.3) is 0 Å². The number of unbranched alkanes of at least 4 members (excludes halogenated alkanes) is 9. The van der Waals surface area contributed by atoms with Crippen LogP contribution in [0, 0.1) is 0 Å². The number of aliphatic hydroxyl groups is 4. The summed E-state index contributed by atoms with van der Waals surface area (Å²) in [6.45, 7) is 2.19. The largest absolute Gasteiger partial charge is 0.479 e. The van der Waals surface area contributed by atoms with Gasteiger partial charge in [0.25, 0.3) is 0 Å². The fourth-order valence-electron chi connectivity index (χ4n) is 2.64. The van der Waals surface area contributed by atoms with Crippen LogP contribution < -0.4 is 0 Å². The molecule has 0 aromatic rings. The molecule has 5 N–H and O–H groups in total. The van der Waals surface area contributed by atoms with Gasteiger partial charge in [-0.25, -0.2) is 4.79 Å². The number of rotatable bonds is 16. The lowest BCUT2D eigenvalue weighted by Gasteiger charge is -2.23. The van der Waals surface area contributed by atoms with Crippen LogP contribution in [-0.2, 0) is 9.59 Å². The van der Waals surface area contributed by atoms with Crippen LogP contribution in [0.15, 0.2) is 0 Å². The van der Waals surface area contributed by atoms with E-state index in [1.54, 1.807) is 0 Å². The van der Waals surface area contributed by atoms with E-state index in [9.17, 15) is 24.9 Å². The number of carbonyl (C=O) groups is 2. The second kappa shape index (κ2) is 14.2. The van der Waals surface area contributed by atoms with Crippen LogP contribution >= 0.6 is 0 Å². The zero-order valence-corrected chi connectivity index (χ0v) is 15.1. The van der Waals surface area contributed by atoms with Gasteiger partial charge < -0.3 is 25.5 Å². The number of carboxylic acids is 1. The topological polar surface area (TPSA) is 135 Å². The number of hydrogen-bond donors (Lipinski definition) is 5. The zero-order valence-electron chi connectivity index (χ0n) is 15.1. The molecule has 0 rings (SSSR count). The van der Waals surface area contributed by atoms with E-state index in [4.69, 9.17) is 10.2 Å². The molecule has 0 bridgehead atoms. The summed E-state index contributed by atoms with van der Waals surface area (Å²) in [5.74, 6) is -2.40. The molecule has 0 heterocycles. The summed E-state index contributed by atoms with van der Waals surface area (Å²) >= 11 is 0. The molecule has 4 atom stereocenters. The molecular weight excluding hydrogens is 328 g/mol. The lowest BCUT2D eigenvalue weighted by Crippen LogP contribution is -2.50. The molecule has 148 valence electrons. The van der Waals surface area contributed by atoms with Crippen LogP contribution in [-0.4, -0.2) is 61.7 Å². The van der Waals surface area contributed by atoms with Gasteiger partial charge in [-0.3, -0.25) is 4.79 Å². The Bertz CT molecular complexity index is 372. The van der Waals surface area contributed by atoms with Crippen molar-refractivity contribution in [1.82, 2.24) is 0 Å². The Hall–Kier alpha value is -1.02. The molecule has 0 spiro atoms. The number of aliphatic carboxylic acids is 1. The summed E-state index contributed by atoms with van der Waals surface area (Å²) in [7, 11) is 0. The van der Waals surface area contributed by atoms with Crippen LogP contribution in [0.4, 0.5) is 0 Å². The van der Waals surface area contributed by atoms with Crippen molar-refractivity contribution in [3.05, 3.63) is 0 Å². The van der Waals surface area contributed by atoms with Crippen molar-refractivity contribution >= 4 is 11.8 Å². The molecule has 0 saturated heterocycles. The predicted octanol–water partition coefficient (Wildman–Crippen LogP) is 1.39. The number of carbonyl (C=O) groups excluding carboxylic acids is 1. The van der Waals surface area contributed by atoms with Gasteiger partial charge in [-0.05, 0) is 6.42 Å². The van der Waals surface area contributed by atoms with Crippen LogP contribution in [0.3, 0.4) is 0 Å². The zero-order chi connectivity index (χ0) is 19.2. The highest BCUT2D eigenvalue weighted by Crippen LogP contribution is 2.13. The highest BCUT2D eigenvalue weighted by molar-refractivity contribution is 5.83. The minimum Gasteiger partial charge on any atom is -0.479 e. The van der Waals surface area contributed by atoms with Crippen molar-refractivity contribution < 1.29 is 35.1 Å². The molecule has 0 aliphatic heterocycles. The smallest absolute Gasteiger partial charge is 0.335 e. The van der Waals surface area contributed by atoms with Crippen molar-refractivity contribution in [3.8, 4) is 0 Å². The minimum atomic E-state index is -2.25. The third-order valence-electron chi connectivity index (χ3n) is 4.36. The van der Waals surface area contributed by atoms with Crippen LogP contribution in [0.1, 0.15) is 77.6 Å². The number of ketones is 1. The Kier molecular flexibility index (Phi) is 13.6. The van der Waals surface area contributed by atoms with Crippen molar-refractivity contribution in [1.29, 1.82) is 0 Å². The van der Waals surface area contributed by atoms with Gasteiger partial charge in [-0.1, -0.05) is 64.7 Å². The van der Waals surface area contributed by atoms with Gasteiger partial charge in [0, 0.05) is 6.42 Å². The summed E-state index contributed by atoms with van der Waals surface area (Å²) < 4.78 is 0. The Labute approximate surface area is 149 Å². The number of hydrogen-bond acceptors (Lipinski definition) is 6. The fourth-order valence-corrected chi connectivity index (χ4v) is 2.64. The molecule has 0 fully saturated rings. The van der Waals surface area contributed by atoms with E-state index in [0.29, 0.717) is 6.42 Å². The molecule has 0 aliphatic carbocycles. The highest BCUT2D eigenvalue weighted by atomic mass is 16.4. The quantitative estimate of drug-likeness (QED) is 0.262. The van der Waals surface area contributed by atoms with Crippen LogP contribution in [0.5, 0.6) is 0 Å². The molecule has 7 nitrogen and oxygen atoms in total. The van der Waals surface area contributed by atoms with Crippen molar-refractivity contribution in [2.24, 2.45) is 0 Å². The molecule has 0 radical (unpaired) electrons. The molecule has 25 heavy (non-hydrogen) atoms. The molecule has 0 aromatic carbocycles. The van der Waals surface area contributed by atoms with Crippen molar-refractivity contribution in [3.63, 3.8) is 0 Å². The van der Waals surface area contributed by atoms with Gasteiger partial charge in [-0.2, -0.15) is 0 Å². The summed E-state index contributed by atoms with van der Waals surface area (Å²) in [5.41, 5.74) is 0. The number of Topliss-reactive ketones (excluding diaryl/α,β-unsaturated/α-hetero) is 1. The van der Waals surface area contributed by atoms with E-state index in [0.717, 1.165) is 19.3 Å². The molecule has 0 unspecified atom stereocenters. The maximum Gasteiger partial charge on any atom is 0.335 e. The molecule has 0 amide bonds. The summed E-state index contributed by atoms with van der Waals surface area (Å²) in [5, 5.41) is 46.4. The minimum absolute atomic E-state index is 0.0462.